The molecule has 0 radical (unpaired) electrons. The normalized spacial score (nSPS) is 25.2. The number of hydrogen-bond donors (Lipinski definition) is 1. The summed E-state index contributed by atoms with van der Waals surface area (Å²) in [4.78, 5) is 12.6. The number of rotatable bonds is 5. The van der Waals surface area contributed by atoms with E-state index in [1.165, 1.54) is 18.2 Å². The number of pyridine rings is 1. The molecule has 2 aliphatic carbocycles. The monoisotopic (exact) mass is 451 g/mol. The second-order valence-corrected chi connectivity index (χ2v) is 10.7. The first-order valence-corrected chi connectivity index (χ1v) is 12.0. The molecule has 8 heteroatoms. The summed E-state index contributed by atoms with van der Waals surface area (Å²) in [7, 11) is 1.65. The Bertz CT molecular complexity index is 1260. The lowest BCUT2D eigenvalue weighted by molar-refractivity contribution is -0.118. The second-order valence-electron chi connectivity index (χ2n) is 9.76. The fraction of sp³-hybridized carbons (Fsp3) is 0.500. The number of benzene rings is 1. The van der Waals surface area contributed by atoms with Crippen molar-refractivity contribution in [3.05, 3.63) is 29.8 Å². The van der Waals surface area contributed by atoms with Crippen molar-refractivity contribution in [2.24, 2.45) is 21.8 Å². The molecule has 7 nitrogen and oxygen atoms in total. The Morgan fingerprint density at radius 2 is 2.12 bits per heavy atom. The van der Waals surface area contributed by atoms with Crippen LogP contribution in [0.4, 0.5) is 0 Å². The summed E-state index contributed by atoms with van der Waals surface area (Å²) in [6, 6.07) is 7.97. The van der Waals surface area contributed by atoms with E-state index in [4.69, 9.17) is 4.74 Å². The lowest BCUT2D eigenvalue weighted by Gasteiger charge is -2.34. The maximum atomic E-state index is 12.6. The first-order valence-electron chi connectivity index (χ1n) is 11.1. The second kappa shape index (κ2) is 7.47. The number of aromatic nitrogens is 3. The van der Waals surface area contributed by atoms with Gasteiger partial charge in [0, 0.05) is 22.6 Å². The largest absolute Gasteiger partial charge is 0.497 e. The van der Waals surface area contributed by atoms with Gasteiger partial charge in [0.25, 0.3) is 5.91 Å². The number of methoxy groups -OCH3 is 1. The summed E-state index contributed by atoms with van der Waals surface area (Å²) in [5.74, 6) is 1.52. The number of fused-ring (bicyclic) bond motifs is 5. The zero-order valence-corrected chi connectivity index (χ0v) is 20.0. The van der Waals surface area contributed by atoms with Gasteiger partial charge in [0.2, 0.25) is 0 Å². The molecule has 1 aromatic carbocycles. The van der Waals surface area contributed by atoms with Crippen molar-refractivity contribution in [1.29, 1.82) is 0 Å². The molecule has 5 rings (SSSR count). The number of thioether (sulfide) groups is 1. The van der Waals surface area contributed by atoms with Crippen LogP contribution < -0.4 is 10.2 Å². The van der Waals surface area contributed by atoms with E-state index < -0.39 is 0 Å². The van der Waals surface area contributed by atoms with Gasteiger partial charge in [0.1, 0.15) is 5.75 Å². The molecule has 0 aliphatic heterocycles. The van der Waals surface area contributed by atoms with E-state index in [1.807, 2.05) is 28.7 Å². The highest BCUT2D eigenvalue weighted by Gasteiger charge is 2.60. The zero-order chi connectivity index (χ0) is 22.7. The van der Waals surface area contributed by atoms with E-state index in [0.29, 0.717) is 11.1 Å². The van der Waals surface area contributed by atoms with Gasteiger partial charge in [-0.15, -0.1) is 10.2 Å². The first-order chi connectivity index (χ1) is 15.2. The topological polar surface area (TPSA) is 80.9 Å². The average molecular weight is 452 g/mol. The highest BCUT2D eigenvalue weighted by Crippen LogP contribution is 2.63. The molecule has 168 valence electrons. The molecule has 1 amide bonds. The van der Waals surface area contributed by atoms with Gasteiger partial charge in [-0.25, -0.2) is 5.43 Å². The number of aryl methyl sites for hydroxylation is 1. The molecule has 2 saturated carbocycles. The fourth-order valence-corrected chi connectivity index (χ4v) is 6.26. The highest BCUT2D eigenvalue weighted by atomic mass is 32.2. The molecule has 32 heavy (non-hydrogen) atoms. The summed E-state index contributed by atoms with van der Waals surface area (Å²) in [5, 5.41) is 15.0. The zero-order valence-electron chi connectivity index (χ0n) is 19.2. The molecule has 2 bridgehead atoms. The van der Waals surface area contributed by atoms with Crippen LogP contribution in [0.15, 0.2) is 34.5 Å². The van der Waals surface area contributed by atoms with Gasteiger partial charge in [-0.3, -0.25) is 9.20 Å². The van der Waals surface area contributed by atoms with E-state index in [1.54, 1.807) is 7.11 Å². The number of hydrogen-bond acceptors (Lipinski definition) is 6. The molecule has 0 saturated heterocycles. The quantitative estimate of drug-likeness (QED) is 0.453. The number of nitrogens with one attached hydrogen (secondary N) is 1. The minimum atomic E-state index is -0.127. The first kappa shape index (κ1) is 21.2. The Morgan fingerprint density at radius 3 is 2.81 bits per heavy atom. The molecule has 3 aromatic rings. The van der Waals surface area contributed by atoms with Crippen molar-refractivity contribution in [1.82, 2.24) is 20.0 Å². The SMILES string of the molecule is COc1ccc2c(C)cc3nnc(SCC(=O)N/N=C4\CC5CCC4(C)C5(C)C)n3c2c1. The molecule has 2 fully saturated rings. The van der Waals surface area contributed by atoms with Gasteiger partial charge in [0.15, 0.2) is 10.8 Å². The van der Waals surface area contributed by atoms with E-state index in [-0.39, 0.29) is 22.5 Å². The molecule has 2 aliphatic rings. The number of carbonyl (C=O) groups is 1. The molecular weight excluding hydrogens is 422 g/mol. The van der Waals surface area contributed by atoms with Gasteiger partial charge in [-0.05, 0) is 61.3 Å². The Labute approximate surface area is 192 Å². The van der Waals surface area contributed by atoms with Crippen molar-refractivity contribution in [2.45, 2.75) is 52.1 Å². The van der Waals surface area contributed by atoms with E-state index in [9.17, 15) is 4.79 Å². The molecular formula is C24H29N5O2S. The van der Waals surface area contributed by atoms with Gasteiger partial charge in [-0.1, -0.05) is 32.5 Å². The summed E-state index contributed by atoms with van der Waals surface area (Å²) in [5.41, 5.74) is 7.09. The van der Waals surface area contributed by atoms with Crippen LogP contribution in [0.1, 0.15) is 45.6 Å². The Hall–Kier alpha value is -2.61. The van der Waals surface area contributed by atoms with Gasteiger partial charge >= 0.3 is 0 Å². The predicted molar refractivity (Wildman–Crippen MR) is 127 cm³/mol. The molecule has 2 atom stereocenters. The number of nitrogens with zero attached hydrogens (tertiary/aromatic N) is 4. The van der Waals surface area contributed by atoms with Crippen LogP contribution in [-0.2, 0) is 4.79 Å². The van der Waals surface area contributed by atoms with Crippen molar-refractivity contribution < 1.29 is 9.53 Å². The molecule has 0 spiro atoms. The van der Waals surface area contributed by atoms with Crippen molar-refractivity contribution in [2.75, 3.05) is 12.9 Å². The number of hydrazone groups is 1. The van der Waals surface area contributed by atoms with Crippen LogP contribution in [0.25, 0.3) is 16.6 Å². The maximum Gasteiger partial charge on any atom is 0.250 e. The van der Waals surface area contributed by atoms with Crippen molar-refractivity contribution in [3.63, 3.8) is 0 Å². The van der Waals surface area contributed by atoms with E-state index >= 15 is 0 Å². The minimum absolute atomic E-state index is 0.0805. The van der Waals surface area contributed by atoms with Crippen LogP contribution >= 0.6 is 11.8 Å². The average Bonchev–Trinajstić information content (AvgIpc) is 3.34. The van der Waals surface area contributed by atoms with Crippen LogP contribution in [0.5, 0.6) is 5.75 Å². The van der Waals surface area contributed by atoms with Gasteiger partial charge in [0.05, 0.1) is 18.4 Å². The molecule has 2 heterocycles. The summed E-state index contributed by atoms with van der Waals surface area (Å²) in [6.07, 6.45) is 3.39. The van der Waals surface area contributed by atoms with Gasteiger partial charge < -0.3 is 4.74 Å². The minimum Gasteiger partial charge on any atom is -0.497 e. The Kier molecular flexibility index (Phi) is 4.96. The Morgan fingerprint density at radius 1 is 1.31 bits per heavy atom. The smallest absolute Gasteiger partial charge is 0.250 e. The maximum absolute atomic E-state index is 12.6. The summed E-state index contributed by atoms with van der Waals surface area (Å²) < 4.78 is 7.39. The lowest BCUT2D eigenvalue weighted by Crippen LogP contribution is -2.34. The molecule has 2 aromatic heterocycles. The summed E-state index contributed by atoms with van der Waals surface area (Å²) in [6.45, 7) is 9.02. The predicted octanol–water partition coefficient (Wildman–Crippen LogP) is 4.61. The molecule has 2 unspecified atom stereocenters. The van der Waals surface area contributed by atoms with Crippen molar-refractivity contribution in [3.8, 4) is 5.75 Å². The van der Waals surface area contributed by atoms with Crippen LogP contribution in [0, 0.1) is 23.7 Å². The standard InChI is InChI=1S/C24H29N5O2S/c1-14-10-20-26-28-22(29(20)18-12-16(31-5)6-7-17(14)18)32-13-21(30)27-25-19-11-15-8-9-24(19,4)23(15,2)3/h6-7,10,12,15H,8-9,11,13H2,1-5H3,(H,27,30)/b25-19+. The fourth-order valence-electron chi connectivity index (χ4n) is 5.51. The molecule has 1 N–H and O–H groups in total. The van der Waals surface area contributed by atoms with Crippen LogP contribution in [0.2, 0.25) is 0 Å². The van der Waals surface area contributed by atoms with Crippen LogP contribution in [-0.4, -0.2) is 39.1 Å². The highest BCUT2D eigenvalue weighted by molar-refractivity contribution is 7.99. The third-order valence-electron chi connectivity index (χ3n) is 8.03. The van der Waals surface area contributed by atoms with Gasteiger partial charge in [-0.2, -0.15) is 5.10 Å². The van der Waals surface area contributed by atoms with Crippen molar-refractivity contribution >= 4 is 39.9 Å². The summed E-state index contributed by atoms with van der Waals surface area (Å²) >= 11 is 1.36. The number of ether oxygens (including phenoxy) is 1. The van der Waals surface area contributed by atoms with E-state index in [0.717, 1.165) is 46.4 Å². The van der Waals surface area contributed by atoms with E-state index in [2.05, 4.69) is 48.4 Å². The third kappa shape index (κ3) is 3.10. The lowest BCUT2D eigenvalue weighted by atomic mass is 9.70. The third-order valence-corrected chi connectivity index (χ3v) is 8.96. The number of amides is 1. The number of carbonyl (C=O) groups excluding carboxylic acids is 1. The Balaban J connectivity index is 1.35. The van der Waals surface area contributed by atoms with Crippen LogP contribution in [0.3, 0.4) is 0 Å².